The van der Waals surface area contributed by atoms with Gasteiger partial charge in [-0.2, -0.15) is 31.6 Å². The summed E-state index contributed by atoms with van der Waals surface area (Å²) in [6.45, 7) is 6.39. The third-order valence-electron chi connectivity index (χ3n) is 8.77. The first-order valence-corrected chi connectivity index (χ1v) is 15.4. The number of likely N-dealkylation sites (N-methyl/N-ethyl adjacent to an activating group) is 1. The lowest BCUT2D eigenvalue weighted by atomic mass is 9.81. The van der Waals surface area contributed by atoms with Gasteiger partial charge in [0.1, 0.15) is 17.7 Å². The van der Waals surface area contributed by atoms with Gasteiger partial charge in [-0.25, -0.2) is 9.37 Å². The summed E-state index contributed by atoms with van der Waals surface area (Å²) < 4.78 is 101. The molecule has 2 aromatic carbocycles. The van der Waals surface area contributed by atoms with Gasteiger partial charge >= 0.3 is 18.3 Å². The van der Waals surface area contributed by atoms with Gasteiger partial charge in [0.2, 0.25) is 5.91 Å². The molecule has 0 radical (unpaired) electrons. The summed E-state index contributed by atoms with van der Waals surface area (Å²) >= 11 is 0. The van der Waals surface area contributed by atoms with Gasteiger partial charge in [-0.3, -0.25) is 9.59 Å². The van der Waals surface area contributed by atoms with Crippen LogP contribution in [0.4, 0.5) is 42.2 Å². The summed E-state index contributed by atoms with van der Waals surface area (Å²) in [5, 5.41) is 10.0. The second-order valence-corrected chi connectivity index (χ2v) is 12.5. The third-order valence-corrected chi connectivity index (χ3v) is 8.77. The minimum Gasteiger partial charge on any atom is -0.466 e. The number of rotatable bonds is 8. The number of hydrogen-bond donors (Lipinski definition) is 0. The molecule has 7 nitrogen and oxygen atoms in total. The second kappa shape index (κ2) is 14.1. The van der Waals surface area contributed by atoms with Crippen molar-refractivity contribution in [1.29, 1.82) is 5.26 Å². The highest BCUT2D eigenvalue weighted by atomic mass is 19.4. The number of hydrogen-bond acceptors (Lipinski definition) is 6. The average Bonchev–Trinajstić information content (AvgIpc) is 3.02. The Morgan fingerprint density at radius 2 is 1.61 bits per heavy atom. The van der Waals surface area contributed by atoms with E-state index in [1.54, 1.807) is 24.8 Å². The number of piperidine rings is 1. The van der Waals surface area contributed by atoms with Crippen LogP contribution in [0, 0.1) is 30.0 Å². The molecule has 1 aliphatic rings. The van der Waals surface area contributed by atoms with Gasteiger partial charge in [-0.05, 0) is 99.5 Å². The van der Waals surface area contributed by atoms with Gasteiger partial charge in [0, 0.05) is 25.6 Å². The van der Waals surface area contributed by atoms with Gasteiger partial charge in [0.25, 0.3) is 0 Å². The van der Waals surface area contributed by atoms with E-state index in [2.05, 4.69) is 11.1 Å². The highest BCUT2D eigenvalue weighted by Gasteiger charge is 2.41. The van der Waals surface area contributed by atoms with E-state index in [4.69, 9.17) is 4.74 Å². The fourth-order valence-electron chi connectivity index (χ4n) is 6.05. The molecule has 2 unspecified atom stereocenters. The molecule has 3 aromatic rings. The maximum absolute atomic E-state index is 14.2. The lowest BCUT2D eigenvalue weighted by Crippen LogP contribution is -2.43. The van der Waals surface area contributed by atoms with E-state index in [-0.39, 0.29) is 36.7 Å². The molecule has 0 N–H and O–H groups in total. The van der Waals surface area contributed by atoms with Gasteiger partial charge < -0.3 is 14.5 Å². The standard InChI is InChI=1S/C35H35F7N4O3/c1-6-49-31(47)13-21-9-10-46(26(12-21)18-43)30-17-28(27-8-7-25(36)11-20(27)2)29(19-44-30)45(5)32(48)33(3,4)22-14-23(34(37,38)39)16-24(15-22)35(40,41)42/h7-8,11,14-17,19,21,26H,6,9-10,12-13H2,1-5H3. The van der Waals surface area contributed by atoms with E-state index in [0.717, 1.165) is 4.90 Å². The van der Waals surface area contributed by atoms with E-state index in [0.29, 0.717) is 54.0 Å². The molecule has 0 spiro atoms. The van der Waals surface area contributed by atoms with Gasteiger partial charge in [-0.1, -0.05) is 6.07 Å². The molecule has 4 rings (SSSR count). The summed E-state index contributed by atoms with van der Waals surface area (Å²) in [7, 11) is 1.32. The third kappa shape index (κ3) is 8.14. The maximum atomic E-state index is 14.2. The summed E-state index contributed by atoms with van der Waals surface area (Å²) in [6, 6.07) is 8.20. The Bertz CT molecular complexity index is 1730. The van der Waals surface area contributed by atoms with E-state index in [9.17, 15) is 45.6 Å². The Kier molecular flexibility index (Phi) is 10.7. The molecule has 1 aromatic heterocycles. The number of nitrogens with zero attached hydrogens (tertiary/aromatic N) is 4. The summed E-state index contributed by atoms with van der Waals surface area (Å²) in [5.74, 6) is -1.48. The van der Waals surface area contributed by atoms with Crippen molar-refractivity contribution >= 4 is 23.4 Å². The predicted molar refractivity (Wildman–Crippen MR) is 168 cm³/mol. The molecule has 0 aliphatic carbocycles. The smallest absolute Gasteiger partial charge is 0.416 e. The fourth-order valence-corrected chi connectivity index (χ4v) is 6.05. The highest BCUT2D eigenvalue weighted by Crippen LogP contribution is 2.42. The van der Waals surface area contributed by atoms with Gasteiger partial charge in [-0.15, -0.1) is 0 Å². The number of esters is 1. The lowest BCUT2D eigenvalue weighted by molar-refractivity contribution is -0.145. The van der Waals surface area contributed by atoms with Crippen LogP contribution in [0.3, 0.4) is 0 Å². The molecule has 2 atom stereocenters. The van der Waals surface area contributed by atoms with Crippen LogP contribution in [0.5, 0.6) is 0 Å². The number of halogens is 7. The quantitative estimate of drug-likeness (QED) is 0.175. The molecule has 262 valence electrons. The predicted octanol–water partition coefficient (Wildman–Crippen LogP) is 8.24. The number of amides is 1. The summed E-state index contributed by atoms with van der Waals surface area (Å²) in [5.41, 5.74) is -4.04. The van der Waals surface area contributed by atoms with Crippen LogP contribution in [-0.2, 0) is 32.1 Å². The Hall–Kier alpha value is -4.67. The van der Waals surface area contributed by atoms with Crippen LogP contribution >= 0.6 is 0 Å². The average molecular weight is 693 g/mol. The number of ether oxygens (including phenoxy) is 1. The van der Waals surface area contributed by atoms with Gasteiger partial charge in [0.05, 0.1) is 41.1 Å². The van der Waals surface area contributed by atoms with Crippen molar-refractivity contribution in [3.05, 3.63) is 76.7 Å². The molecule has 1 fully saturated rings. The van der Waals surface area contributed by atoms with E-state index >= 15 is 0 Å². The molecule has 14 heteroatoms. The molecule has 0 bridgehead atoms. The SMILES string of the molecule is CCOC(=O)CC1CCN(c2cc(-c3ccc(F)cc3C)c(N(C)C(=O)C(C)(C)c3cc(C(F)(F)F)cc(C(F)(F)F)c3)cn2)C(C#N)C1. The number of nitriles is 1. The zero-order valence-electron chi connectivity index (χ0n) is 27.5. The molecule has 49 heavy (non-hydrogen) atoms. The van der Waals surface area contributed by atoms with Crippen molar-refractivity contribution in [2.75, 3.05) is 30.0 Å². The van der Waals surface area contributed by atoms with E-state index in [1.807, 2.05) is 0 Å². The molecule has 2 heterocycles. The highest BCUT2D eigenvalue weighted by molar-refractivity contribution is 6.03. The Labute approximate surface area is 279 Å². The molecular formula is C35H35F7N4O3. The number of benzene rings is 2. The van der Waals surface area contributed by atoms with Crippen molar-refractivity contribution in [3.63, 3.8) is 0 Å². The Morgan fingerprint density at radius 3 is 2.16 bits per heavy atom. The van der Waals surface area contributed by atoms with Crippen LogP contribution < -0.4 is 9.80 Å². The number of alkyl halides is 6. The van der Waals surface area contributed by atoms with Crippen molar-refractivity contribution in [3.8, 4) is 17.2 Å². The van der Waals surface area contributed by atoms with Crippen LogP contribution in [0.2, 0.25) is 0 Å². The largest absolute Gasteiger partial charge is 0.466 e. The first kappa shape index (κ1) is 37.2. The van der Waals surface area contributed by atoms with Crippen molar-refractivity contribution < 1.29 is 45.1 Å². The minimum atomic E-state index is -5.11. The zero-order valence-corrected chi connectivity index (χ0v) is 27.5. The molecular weight excluding hydrogens is 657 g/mol. The van der Waals surface area contributed by atoms with Crippen LogP contribution in [0.1, 0.15) is 62.3 Å². The molecule has 1 aliphatic heterocycles. The second-order valence-electron chi connectivity index (χ2n) is 12.5. The number of aryl methyl sites for hydroxylation is 1. The fraction of sp³-hybridized carbons (Fsp3) is 0.429. The number of aromatic nitrogens is 1. The first-order valence-electron chi connectivity index (χ1n) is 15.4. The molecule has 1 saturated heterocycles. The first-order chi connectivity index (χ1) is 22.8. The summed E-state index contributed by atoms with van der Waals surface area (Å²) in [6.07, 6.45) is -7.83. The summed E-state index contributed by atoms with van der Waals surface area (Å²) in [4.78, 5) is 33.5. The van der Waals surface area contributed by atoms with E-state index < -0.39 is 52.2 Å². The van der Waals surface area contributed by atoms with Gasteiger partial charge in [0.15, 0.2) is 0 Å². The zero-order chi connectivity index (χ0) is 36.5. The normalized spacial score (nSPS) is 17.0. The minimum absolute atomic E-state index is 0.0000188. The number of anilines is 2. The van der Waals surface area contributed by atoms with Crippen molar-refractivity contribution in [1.82, 2.24) is 4.98 Å². The van der Waals surface area contributed by atoms with Crippen molar-refractivity contribution in [2.45, 2.75) is 70.8 Å². The van der Waals surface area contributed by atoms with Crippen LogP contribution in [-0.4, -0.2) is 43.1 Å². The van der Waals surface area contributed by atoms with E-state index in [1.165, 1.54) is 45.3 Å². The van der Waals surface area contributed by atoms with Crippen LogP contribution in [0.15, 0.2) is 48.7 Å². The Balaban J connectivity index is 1.77. The number of carbonyl (C=O) groups is 2. The maximum Gasteiger partial charge on any atom is 0.416 e. The molecule has 1 amide bonds. The Morgan fingerprint density at radius 1 is 1.00 bits per heavy atom. The van der Waals surface area contributed by atoms with Crippen molar-refractivity contribution in [2.24, 2.45) is 5.92 Å². The lowest BCUT2D eigenvalue weighted by Gasteiger charge is -2.37. The molecule has 0 saturated carbocycles. The topological polar surface area (TPSA) is 86.5 Å². The number of pyridine rings is 1. The monoisotopic (exact) mass is 692 g/mol. The van der Waals surface area contributed by atoms with Crippen LogP contribution in [0.25, 0.3) is 11.1 Å². The number of carbonyl (C=O) groups excluding carboxylic acids is 2.